The zero-order valence-corrected chi connectivity index (χ0v) is 11.9. The summed E-state index contributed by atoms with van der Waals surface area (Å²) in [6.45, 7) is 4.34. The fourth-order valence-corrected chi connectivity index (χ4v) is 2.41. The number of ether oxygens (including phenoxy) is 1. The van der Waals surface area contributed by atoms with E-state index in [0.717, 1.165) is 19.0 Å². The van der Waals surface area contributed by atoms with Gasteiger partial charge in [-0.3, -0.25) is 4.79 Å². The molecule has 18 heavy (non-hydrogen) atoms. The first kappa shape index (κ1) is 15.4. The Kier molecular flexibility index (Phi) is 6.60. The van der Waals surface area contributed by atoms with Crippen LogP contribution in [0.15, 0.2) is 0 Å². The first-order chi connectivity index (χ1) is 8.52. The summed E-state index contributed by atoms with van der Waals surface area (Å²) in [7, 11) is 5.65. The van der Waals surface area contributed by atoms with Gasteiger partial charge in [-0.1, -0.05) is 0 Å². The summed E-state index contributed by atoms with van der Waals surface area (Å²) in [6.07, 6.45) is 3.20. The number of piperidine rings is 1. The number of nitrogens with two attached hydrogens (primary N) is 1. The lowest BCUT2D eigenvalue weighted by molar-refractivity contribution is -0.142. The molecule has 0 spiro atoms. The summed E-state index contributed by atoms with van der Waals surface area (Å²) < 4.78 is 4.62. The Morgan fingerprint density at radius 3 is 2.67 bits per heavy atom. The molecule has 1 atom stereocenters. The summed E-state index contributed by atoms with van der Waals surface area (Å²) in [6, 6.07) is -0.491. The number of nitrogens with zero attached hydrogens (tertiary/aromatic N) is 2. The van der Waals surface area contributed by atoms with E-state index in [1.54, 1.807) is 0 Å². The van der Waals surface area contributed by atoms with Gasteiger partial charge in [-0.05, 0) is 58.9 Å². The van der Waals surface area contributed by atoms with Crippen LogP contribution in [-0.4, -0.2) is 69.2 Å². The van der Waals surface area contributed by atoms with Gasteiger partial charge in [0.25, 0.3) is 0 Å². The van der Waals surface area contributed by atoms with Crippen molar-refractivity contribution in [2.75, 3.05) is 47.4 Å². The molecule has 5 heteroatoms. The van der Waals surface area contributed by atoms with Gasteiger partial charge in [-0.15, -0.1) is 0 Å². The molecule has 0 aromatic heterocycles. The van der Waals surface area contributed by atoms with Gasteiger partial charge >= 0.3 is 5.97 Å². The zero-order chi connectivity index (χ0) is 13.5. The van der Waals surface area contributed by atoms with Gasteiger partial charge in [0.2, 0.25) is 0 Å². The van der Waals surface area contributed by atoms with Gasteiger partial charge in [0, 0.05) is 6.54 Å². The van der Waals surface area contributed by atoms with Crippen molar-refractivity contribution in [3.8, 4) is 0 Å². The van der Waals surface area contributed by atoms with Crippen molar-refractivity contribution in [2.24, 2.45) is 11.7 Å². The van der Waals surface area contributed by atoms with Crippen molar-refractivity contribution in [1.82, 2.24) is 9.80 Å². The Labute approximate surface area is 110 Å². The number of hydrogen-bond donors (Lipinski definition) is 1. The van der Waals surface area contributed by atoms with Crippen LogP contribution < -0.4 is 5.73 Å². The second-order valence-corrected chi connectivity index (χ2v) is 5.43. The third-order valence-electron chi connectivity index (χ3n) is 3.73. The lowest BCUT2D eigenvalue weighted by Crippen LogP contribution is -2.38. The van der Waals surface area contributed by atoms with E-state index in [4.69, 9.17) is 5.73 Å². The summed E-state index contributed by atoms with van der Waals surface area (Å²) in [5, 5.41) is 0. The van der Waals surface area contributed by atoms with E-state index >= 15 is 0 Å². The smallest absolute Gasteiger partial charge is 0.322 e. The normalized spacial score (nSPS) is 20.1. The van der Waals surface area contributed by atoms with Crippen LogP contribution in [0.3, 0.4) is 0 Å². The van der Waals surface area contributed by atoms with Crippen LogP contribution in [0.4, 0.5) is 0 Å². The quantitative estimate of drug-likeness (QED) is 0.686. The molecule has 1 aliphatic rings. The van der Waals surface area contributed by atoms with Crippen LogP contribution in [0.25, 0.3) is 0 Å². The van der Waals surface area contributed by atoms with Crippen molar-refractivity contribution < 1.29 is 9.53 Å². The third kappa shape index (κ3) is 5.33. The molecule has 0 saturated carbocycles. The number of esters is 1. The lowest BCUT2D eigenvalue weighted by Gasteiger charge is -2.31. The second kappa shape index (κ2) is 7.71. The Balaban J connectivity index is 2.17. The molecule has 1 fully saturated rings. The molecule has 1 unspecified atom stereocenters. The number of methoxy groups -OCH3 is 1. The molecule has 2 N–H and O–H groups in total. The molecule has 1 heterocycles. The third-order valence-corrected chi connectivity index (χ3v) is 3.73. The highest BCUT2D eigenvalue weighted by atomic mass is 16.5. The van der Waals surface area contributed by atoms with Crippen molar-refractivity contribution in [2.45, 2.75) is 25.3 Å². The molecule has 0 radical (unpaired) electrons. The molecule has 1 aliphatic heterocycles. The van der Waals surface area contributed by atoms with Crippen LogP contribution in [0.2, 0.25) is 0 Å². The number of likely N-dealkylation sites (tertiary alicyclic amines) is 1. The van der Waals surface area contributed by atoms with Crippen molar-refractivity contribution in [3.63, 3.8) is 0 Å². The van der Waals surface area contributed by atoms with Gasteiger partial charge in [-0.25, -0.2) is 0 Å². The monoisotopic (exact) mass is 257 g/mol. The molecule has 0 aromatic carbocycles. The molecular formula is C13H27N3O2. The van der Waals surface area contributed by atoms with Crippen LogP contribution in [-0.2, 0) is 9.53 Å². The first-order valence-corrected chi connectivity index (χ1v) is 6.73. The number of carbonyl (C=O) groups excluding carboxylic acids is 1. The molecule has 1 saturated heterocycles. The number of hydrogen-bond acceptors (Lipinski definition) is 5. The molecule has 0 amide bonds. The predicted molar refractivity (Wildman–Crippen MR) is 72.3 cm³/mol. The second-order valence-electron chi connectivity index (χ2n) is 5.43. The maximum absolute atomic E-state index is 11.2. The van der Waals surface area contributed by atoms with Gasteiger partial charge in [0.15, 0.2) is 0 Å². The minimum Gasteiger partial charge on any atom is -0.468 e. The zero-order valence-electron chi connectivity index (χ0n) is 11.9. The van der Waals surface area contributed by atoms with Gasteiger partial charge in [0.1, 0.15) is 6.04 Å². The van der Waals surface area contributed by atoms with Gasteiger partial charge < -0.3 is 20.3 Å². The summed E-state index contributed by atoms with van der Waals surface area (Å²) in [4.78, 5) is 15.8. The van der Waals surface area contributed by atoms with Crippen LogP contribution in [0.5, 0.6) is 0 Å². The standard InChI is InChI=1S/C13H27N3O2/c1-15-7-4-11(5-8-15)10-16(2)9-6-12(14)13(17)18-3/h11-12H,4-10,14H2,1-3H3. The van der Waals surface area contributed by atoms with E-state index in [1.165, 1.54) is 33.0 Å². The molecule has 0 aromatic rings. The van der Waals surface area contributed by atoms with E-state index in [1.807, 2.05) is 0 Å². The van der Waals surface area contributed by atoms with Crippen LogP contribution in [0.1, 0.15) is 19.3 Å². The fraction of sp³-hybridized carbons (Fsp3) is 0.923. The van der Waals surface area contributed by atoms with E-state index in [0.29, 0.717) is 6.42 Å². The van der Waals surface area contributed by atoms with E-state index in [-0.39, 0.29) is 5.97 Å². The predicted octanol–water partition coefficient (Wildman–Crippen LogP) is 0.150. The lowest BCUT2D eigenvalue weighted by atomic mass is 9.96. The average Bonchev–Trinajstić information content (AvgIpc) is 2.37. The molecular weight excluding hydrogens is 230 g/mol. The van der Waals surface area contributed by atoms with E-state index < -0.39 is 6.04 Å². The van der Waals surface area contributed by atoms with Crippen molar-refractivity contribution in [3.05, 3.63) is 0 Å². The maximum atomic E-state index is 11.2. The molecule has 0 bridgehead atoms. The van der Waals surface area contributed by atoms with Crippen molar-refractivity contribution >= 4 is 5.97 Å². The summed E-state index contributed by atoms with van der Waals surface area (Å²) in [5.41, 5.74) is 5.72. The van der Waals surface area contributed by atoms with Gasteiger partial charge in [0.05, 0.1) is 7.11 Å². The van der Waals surface area contributed by atoms with E-state index in [9.17, 15) is 4.79 Å². The van der Waals surface area contributed by atoms with Crippen LogP contribution in [0, 0.1) is 5.92 Å². The summed E-state index contributed by atoms with van der Waals surface area (Å²) in [5.74, 6) is 0.461. The Hall–Kier alpha value is -0.650. The van der Waals surface area contributed by atoms with E-state index in [2.05, 4.69) is 28.6 Å². The fourth-order valence-electron chi connectivity index (χ4n) is 2.41. The maximum Gasteiger partial charge on any atom is 0.322 e. The number of carbonyl (C=O) groups is 1. The minimum atomic E-state index is -0.491. The highest BCUT2D eigenvalue weighted by Gasteiger charge is 2.19. The topological polar surface area (TPSA) is 58.8 Å². The highest BCUT2D eigenvalue weighted by molar-refractivity contribution is 5.75. The minimum absolute atomic E-state index is 0.317. The Morgan fingerprint density at radius 2 is 2.11 bits per heavy atom. The largest absolute Gasteiger partial charge is 0.468 e. The highest BCUT2D eigenvalue weighted by Crippen LogP contribution is 2.16. The molecule has 5 nitrogen and oxygen atoms in total. The molecule has 0 aliphatic carbocycles. The average molecular weight is 257 g/mol. The van der Waals surface area contributed by atoms with Gasteiger partial charge in [-0.2, -0.15) is 0 Å². The molecule has 106 valence electrons. The first-order valence-electron chi connectivity index (χ1n) is 6.73. The van der Waals surface area contributed by atoms with Crippen LogP contribution >= 0.6 is 0 Å². The summed E-state index contributed by atoms with van der Waals surface area (Å²) >= 11 is 0. The Morgan fingerprint density at radius 1 is 1.50 bits per heavy atom. The number of rotatable bonds is 6. The SMILES string of the molecule is COC(=O)C(N)CCN(C)CC1CCN(C)CC1. The van der Waals surface area contributed by atoms with Crippen molar-refractivity contribution in [1.29, 1.82) is 0 Å². The Bertz CT molecular complexity index is 253. The molecule has 1 rings (SSSR count).